The van der Waals surface area contributed by atoms with Gasteiger partial charge in [0.15, 0.2) is 0 Å². The van der Waals surface area contributed by atoms with E-state index < -0.39 is 0 Å². The van der Waals surface area contributed by atoms with Crippen molar-refractivity contribution in [1.82, 2.24) is 4.90 Å². The fourth-order valence-corrected chi connectivity index (χ4v) is 3.25. The molecule has 5 heteroatoms. The molecule has 0 aliphatic carbocycles. The van der Waals surface area contributed by atoms with Gasteiger partial charge in [-0.3, -0.25) is 4.79 Å². The SMILES string of the molecule is O=C(CCCOc1ccccc1)N1CCN(c2ccccc2Cl)CC1. The summed E-state index contributed by atoms with van der Waals surface area (Å²) in [6.45, 7) is 3.68. The number of benzene rings is 2. The van der Waals surface area contributed by atoms with Crippen molar-refractivity contribution in [2.75, 3.05) is 37.7 Å². The fraction of sp³-hybridized carbons (Fsp3) is 0.350. The van der Waals surface area contributed by atoms with Gasteiger partial charge in [0, 0.05) is 32.6 Å². The van der Waals surface area contributed by atoms with Gasteiger partial charge in [-0.2, -0.15) is 0 Å². The highest BCUT2D eigenvalue weighted by molar-refractivity contribution is 6.33. The minimum absolute atomic E-state index is 0.204. The van der Waals surface area contributed by atoms with Crippen LogP contribution in [0.4, 0.5) is 5.69 Å². The summed E-state index contributed by atoms with van der Waals surface area (Å²) in [7, 11) is 0. The molecule has 4 nitrogen and oxygen atoms in total. The predicted octanol–water partition coefficient (Wildman–Crippen LogP) is 3.85. The summed E-state index contributed by atoms with van der Waals surface area (Å²) in [5.74, 6) is 1.05. The van der Waals surface area contributed by atoms with Crippen LogP contribution in [0.1, 0.15) is 12.8 Å². The third-order valence-corrected chi connectivity index (χ3v) is 4.69. The summed E-state index contributed by atoms with van der Waals surface area (Å²) in [5.41, 5.74) is 1.05. The molecule has 1 amide bonds. The van der Waals surface area contributed by atoms with Crippen molar-refractivity contribution in [2.24, 2.45) is 0 Å². The first-order chi connectivity index (χ1) is 12.2. The number of rotatable bonds is 6. The van der Waals surface area contributed by atoms with Crippen molar-refractivity contribution in [3.05, 3.63) is 59.6 Å². The second-order valence-electron chi connectivity index (χ2n) is 6.08. The number of nitrogens with zero attached hydrogens (tertiary/aromatic N) is 2. The van der Waals surface area contributed by atoms with Crippen molar-refractivity contribution in [2.45, 2.75) is 12.8 Å². The highest BCUT2D eigenvalue weighted by Crippen LogP contribution is 2.26. The Balaban J connectivity index is 1.39. The van der Waals surface area contributed by atoms with E-state index in [1.54, 1.807) is 0 Å². The van der Waals surface area contributed by atoms with E-state index in [0.29, 0.717) is 13.0 Å². The number of amides is 1. The summed E-state index contributed by atoms with van der Waals surface area (Å²) in [6.07, 6.45) is 1.26. The lowest BCUT2D eigenvalue weighted by atomic mass is 10.2. The smallest absolute Gasteiger partial charge is 0.222 e. The monoisotopic (exact) mass is 358 g/mol. The van der Waals surface area contributed by atoms with Crippen LogP contribution in [0.25, 0.3) is 0 Å². The molecule has 3 rings (SSSR count). The average Bonchev–Trinajstić information content (AvgIpc) is 2.66. The molecule has 0 saturated carbocycles. The molecule has 0 spiro atoms. The molecular weight excluding hydrogens is 336 g/mol. The molecule has 2 aromatic carbocycles. The third-order valence-electron chi connectivity index (χ3n) is 4.37. The quantitative estimate of drug-likeness (QED) is 0.735. The minimum atomic E-state index is 0.204. The van der Waals surface area contributed by atoms with Gasteiger partial charge in [0.2, 0.25) is 5.91 Å². The number of ether oxygens (including phenoxy) is 1. The number of piperazine rings is 1. The maximum Gasteiger partial charge on any atom is 0.222 e. The number of hydrogen-bond donors (Lipinski definition) is 0. The van der Waals surface area contributed by atoms with Gasteiger partial charge < -0.3 is 14.5 Å². The van der Waals surface area contributed by atoms with E-state index >= 15 is 0 Å². The van der Waals surface area contributed by atoms with Crippen LogP contribution in [0.15, 0.2) is 54.6 Å². The fourth-order valence-electron chi connectivity index (χ4n) is 2.99. The normalized spacial score (nSPS) is 14.4. The number of para-hydroxylation sites is 2. The molecule has 0 unspecified atom stereocenters. The molecule has 0 aromatic heterocycles. The number of carbonyl (C=O) groups excluding carboxylic acids is 1. The van der Waals surface area contributed by atoms with E-state index in [4.69, 9.17) is 16.3 Å². The molecule has 0 bridgehead atoms. The summed E-state index contributed by atoms with van der Waals surface area (Å²) < 4.78 is 5.64. The molecule has 132 valence electrons. The molecule has 1 saturated heterocycles. The Morgan fingerprint density at radius 1 is 0.960 bits per heavy atom. The van der Waals surface area contributed by atoms with Crippen LogP contribution in [0, 0.1) is 0 Å². The van der Waals surface area contributed by atoms with Gasteiger partial charge in [0.05, 0.1) is 17.3 Å². The van der Waals surface area contributed by atoms with Gasteiger partial charge in [-0.25, -0.2) is 0 Å². The summed E-state index contributed by atoms with van der Waals surface area (Å²) in [6, 6.07) is 17.6. The number of halogens is 1. The number of carbonyl (C=O) groups is 1. The van der Waals surface area contributed by atoms with Gasteiger partial charge in [-0.1, -0.05) is 41.9 Å². The van der Waals surface area contributed by atoms with E-state index in [9.17, 15) is 4.79 Å². The molecular formula is C20H23ClN2O2. The van der Waals surface area contributed by atoms with E-state index in [0.717, 1.165) is 49.1 Å². The third kappa shape index (κ3) is 4.89. The lowest BCUT2D eigenvalue weighted by Crippen LogP contribution is -2.48. The zero-order chi connectivity index (χ0) is 17.5. The van der Waals surface area contributed by atoms with Gasteiger partial charge in [-0.15, -0.1) is 0 Å². The van der Waals surface area contributed by atoms with Crippen molar-refractivity contribution < 1.29 is 9.53 Å². The summed E-state index contributed by atoms with van der Waals surface area (Å²) >= 11 is 6.26. The summed E-state index contributed by atoms with van der Waals surface area (Å²) in [5, 5.41) is 0.764. The summed E-state index contributed by atoms with van der Waals surface area (Å²) in [4.78, 5) is 16.5. The molecule has 1 aliphatic rings. The van der Waals surface area contributed by atoms with Gasteiger partial charge in [0.1, 0.15) is 5.75 Å². The Morgan fingerprint density at radius 3 is 2.36 bits per heavy atom. The number of hydrogen-bond acceptors (Lipinski definition) is 3. The van der Waals surface area contributed by atoms with Gasteiger partial charge >= 0.3 is 0 Å². The topological polar surface area (TPSA) is 32.8 Å². The first kappa shape index (κ1) is 17.6. The maximum atomic E-state index is 12.3. The van der Waals surface area contributed by atoms with Crippen LogP contribution in [-0.2, 0) is 4.79 Å². The van der Waals surface area contributed by atoms with Gasteiger partial charge in [-0.05, 0) is 30.7 Å². The second kappa shape index (κ2) is 8.77. The highest BCUT2D eigenvalue weighted by atomic mass is 35.5. The van der Waals surface area contributed by atoms with E-state index in [-0.39, 0.29) is 5.91 Å². The Hall–Kier alpha value is -2.20. The maximum absolute atomic E-state index is 12.3. The van der Waals surface area contributed by atoms with E-state index in [1.165, 1.54) is 0 Å². The predicted molar refractivity (Wildman–Crippen MR) is 101 cm³/mol. The van der Waals surface area contributed by atoms with Crippen LogP contribution >= 0.6 is 11.6 Å². The number of anilines is 1. The molecule has 0 atom stereocenters. The van der Waals surface area contributed by atoms with Crippen molar-refractivity contribution >= 4 is 23.2 Å². The lowest BCUT2D eigenvalue weighted by Gasteiger charge is -2.36. The molecule has 2 aromatic rings. The van der Waals surface area contributed by atoms with Crippen LogP contribution in [0.5, 0.6) is 5.75 Å². The van der Waals surface area contributed by atoms with E-state index in [1.807, 2.05) is 59.5 Å². The first-order valence-corrected chi connectivity index (χ1v) is 9.07. The zero-order valence-corrected chi connectivity index (χ0v) is 15.0. The zero-order valence-electron chi connectivity index (χ0n) is 14.2. The molecule has 1 fully saturated rings. The van der Waals surface area contributed by atoms with E-state index in [2.05, 4.69) is 4.90 Å². The molecule has 25 heavy (non-hydrogen) atoms. The van der Waals surface area contributed by atoms with Crippen molar-refractivity contribution in [3.63, 3.8) is 0 Å². The molecule has 1 aliphatic heterocycles. The van der Waals surface area contributed by atoms with Crippen LogP contribution in [0.3, 0.4) is 0 Å². The molecule has 0 N–H and O–H groups in total. The second-order valence-corrected chi connectivity index (χ2v) is 6.49. The van der Waals surface area contributed by atoms with Crippen LogP contribution < -0.4 is 9.64 Å². The van der Waals surface area contributed by atoms with Crippen molar-refractivity contribution in [3.8, 4) is 5.75 Å². The van der Waals surface area contributed by atoms with Crippen molar-refractivity contribution in [1.29, 1.82) is 0 Å². The minimum Gasteiger partial charge on any atom is -0.494 e. The van der Waals surface area contributed by atoms with Crippen LogP contribution in [-0.4, -0.2) is 43.6 Å². The molecule has 1 heterocycles. The lowest BCUT2D eigenvalue weighted by molar-refractivity contribution is -0.131. The standard InChI is InChI=1S/C20H23ClN2O2/c21-18-9-4-5-10-19(18)22-12-14-23(15-13-22)20(24)11-6-16-25-17-7-2-1-3-8-17/h1-5,7-10H,6,11-16H2. The Morgan fingerprint density at radius 2 is 1.64 bits per heavy atom. The van der Waals surface area contributed by atoms with Crippen LogP contribution in [0.2, 0.25) is 5.02 Å². The highest BCUT2D eigenvalue weighted by Gasteiger charge is 2.21. The molecule has 0 radical (unpaired) electrons. The Labute approximate surface area is 154 Å². The Bertz CT molecular complexity index is 685. The first-order valence-electron chi connectivity index (χ1n) is 8.69. The van der Waals surface area contributed by atoms with Gasteiger partial charge in [0.25, 0.3) is 0 Å². The average molecular weight is 359 g/mol. The Kier molecular flexibility index (Phi) is 6.18. The largest absolute Gasteiger partial charge is 0.494 e.